The number of ether oxygens (including phenoxy) is 1. The zero-order chi connectivity index (χ0) is 14.5. The van der Waals surface area contributed by atoms with Crippen LogP contribution in [0.4, 0.5) is 11.4 Å². The van der Waals surface area contributed by atoms with Gasteiger partial charge in [0.15, 0.2) is 0 Å². The Bertz CT molecular complexity index is 436. The fraction of sp³-hybridized carbons (Fsp3) is 0.625. The van der Waals surface area contributed by atoms with Crippen molar-refractivity contribution in [1.82, 2.24) is 4.90 Å². The van der Waals surface area contributed by atoms with Crippen molar-refractivity contribution in [2.45, 2.75) is 19.8 Å². The SMILES string of the molecule is CCCOc1cc(N)cc(N(C)CC2CCN(C)C2)c1. The minimum Gasteiger partial charge on any atom is -0.493 e. The molecule has 1 unspecified atom stereocenters. The molecule has 0 aromatic heterocycles. The number of hydrogen-bond donors (Lipinski definition) is 1. The van der Waals surface area contributed by atoms with Gasteiger partial charge >= 0.3 is 0 Å². The number of benzene rings is 1. The normalized spacial score (nSPS) is 19.2. The monoisotopic (exact) mass is 277 g/mol. The van der Waals surface area contributed by atoms with Crippen molar-refractivity contribution in [3.05, 3.63) is 18.2 Å². The van der Waals surface area contributed by atoms with Gasteiger partial charge in [-0.2, -0.15) is 0 Å². The summed E-state index contributed by atoms with van der Waals surface area (Å²) in [6, 6.07) is 6.01. The molecule has 4 heteroatoms. The highest BCUT2D eigenvalue weighted by atomic mass is 16.5. The van der Waals surface area contributed by atoms with E-state index in [4.69, 9.17) is 10.5 Å². The van der Waals surface area contributed by atoms with E-state index in [0.29, 0.717) is 0 Å². The molecule has 0 spiro atoms. The van der Waals surface area contributed by atoms with Crippen molar-refractivity contribution < 1.29 is 4.74 Å². The van der Waals surface area contributed by atoms with Crippen molar-refractivity contribution in [1.29, 1.82) is 0 Å². The molecule has 20 heavy (non-hydrogen) atoms. The van der Waals surface area contributed by atoms with Crippen molar-refractivity contribution in [3.63, 3.8) is 0 Å². The minimum absolute atomic E-state index is 0.736. The summed E-state index contributed by atoms with van der Waals surface area (Å²) in [5.41, 5.74) is 7.90. The van der Waals surface area contributed by atoms with E-state index in [1.165, 1.54) is 19.5 Å². The van der Waals surface area contributed by atoms with Crippen LogP contribution in [-0.2, 0) is 0 Å². The van der Waals surface area contributed by atoms with Crippen LogP contribution >= 0.6 is 0 Å². The van der Waals surface area contributed by atoms with E-state index >= 15 is 0 Å². The summed E-state index contributed by atoms with van der Waals surface area (Å²) < 4.78 is 5.70. The van der Waals surface area contributed by atoms with Gasteiger partial charge in [-0.3, -0.25) is 0 Å². The number of nitrogens with two attached hydrogens (primary N) is 1. The molecule has 0 bridgehead atoms. The molecule has 2 rings (SSSR count). The van der Waals surface area contributed by atoms with Crippen molar-refractivity contribution >= 4 is 11.4 Å². The molecule has 4 nitrogen and oxygen atoms in total. The number of hydrogen-bond acceptors (Lipinski definition) is 4. The van der Waals surface area contributed by atoms with Crippen LogP contribution in [-0.4, -0.2) is 45.2 Å². The molecule has 0 amide bonds. The fourth-order valence-corrected chi connectivity index (χ4v) is 2.80. The van der Waals surface area contributed by atoms with Crippen LogP contribution in [0.15, 0.2) is 18.2 Å². The fourth-order valence-electron chi connectivity index (χ4n) is 2.80. The van der Waals surface area contributed by atoms with Crippen LogP contribution in [0, 0.1) is 5.92 Å². The Hall–Kier alpha value is -1.42. The molecule has 1 aromatic carbocycles. The van der Waals surface area contributed by atoms with Gasteiger partial charge in [-0.15, -0.1) is 0 Å². The average molecular weight is 277 g/mol. The van der Waals surface area contributed by atoms with Crippen LogP contribution in [0.1, 0.15) is 19.8 Å². The number of nitrogens with zero attached hydrogens (tertiary/aromatic N) is 2. The maximum absolute atomic E-state index is 5.98. The first-order chi connectivity index (χ1) is 9.58. The lowest BCUT2D eigenvalue weighted by molar-refractivity contribution is 0.317. The molecular weight excluding hydrogens is 250 g/mol. The number of anilines is 2. The van der Waals surface area contributed by atoms with Gasteiger partial charge in [-0.1, -0.05) is 6.92 Å². The molecule has 0 saturated carbocycles. The second-order valence-electron chi connectivity index (χ2n) is 5.91. The lowest BCUT2D eigenvalue weighted by Gasteiger charge is -2.24. The van der Waals surface area contributed by atoms with Crippen LogP contribution in [0.5, 0.6) is 5.75 Å². The molecule has 0 aliphatic carbocycles. The largest absolute Gasteiger partial charge is 0.493 e. The third-order valence-corrected chi connectivity index (χ3v) is 3.85. The number of rotatable bonds is 6. The van der Waals surface area contributed by atoms with E-state index in [0.717, 1.165) is 42.6 Å². The summed E-state index contributed by atoms with van der Waals surface area (Å²) in [5.74, 6) is 1.61. The van der Waals surface area contributed by atoms with E-state index in [2.05, 4.69) is 36.9 Å². The van der Waals surface area contributed by atoms with Crippen molar-refractivity contribution in [3.8, 4) is 5.75 Å². The second kappa shape index (κ2) is 6.84. The predicted molar refractivity (Wildman–Crippen MR) is 85.5 cm³/mol. The second-order valence-corrected chi connectivity index (χ2v) is 5.91. The van der Waals surface area contributed by atoms with E-state index in [1.807, 2.05) is 12.1 Å². The molecule has 1 aromatic rings. The van der Waals surface area contributed by atoms with Crippen LogP contribution in [0.25, 0.3) is 0 Å². The third-order valence-electron chi connectivity index (χ3n) is 3.85. The number of likely N-dealkylation sites (tertiary alicyclic amines) is 1. The highest BCUT2D eigenvalue weighted by Gasteiger charge is 2.21. The van der Waals surface area contributed by atoms with E-state index in [9.17, 15) is 0 Å². The molecule has 1 saturated heterocycles. The lowest BCUT2D eigenvalue weighted by atomic mass is 10.1. The van der Waals surface area contributed by atoms with Gasteiger partial charge in [-0.05, 0) is 38.4 Å². The smallest absolute Gasteiger partial charge is 0.123 e. The van der Waals surface area contributed by atoms with Gasteiger partial charge in [0, 0.05) is 43.6 Å². The highest BCUT2D eigenvalue weighted by molar-refractivity contribution is 5.60. The first-order valence-electron chi connectivity index (χ1n) is 7.51. The highest BCUT2D eigenvalue weighted by Crippen LogP contribution is 2.26. The molecule has 0 radical (unpaired) electrons. The van der Waals surface area contributed by atoms with Gasteiger partial charge < -0.3 is 20.3 Å². The minimum atomic E-state index is 0.736. The summed E-state index contributed by atoms with van der Waals surface area (Å²) in [7, 11) is 4.33. The van der Waals surface area contributed by atoms with Gasteiger partial charge in [0.2, 0.25) is 0 Å². The summed E-state index contributed by atoms with van der Waals surface area (Å²) in [6.07, 6.45) is 2.29. The maximum atomic E-state index is 5.98. The Morgan fingerprint density at radius 3 is 2.85 bits per heavy atom. The van der Waals surface area contributed by atoms with Gasteiger partial charge in [0.25, 0.3) is 0 Å². The molecular formula is C16H27N3O. The van der Waals surface area contributed by atoms with E-state index < -0.39 is 0 Å². The van der Waals surface area contributed by atoms with Crippen molar-refractivity contribution in [2.75, 3.05) is 51.0 Å². The molecule has 2 N–H and O–H groups in total. The van der Waals surface area contributed by atoms with E-state index in [-0.39, 0.29) is 0 Å². The Morgan fingerprint density at radius 1 is 1.40 bits per heavy atom. The molecule has 1 atom stereocenters. The molecule has 1 heterocycles. The topological polar surface area (TPSA) is 41.7 Å². The summed E-state index contributed by atoms with van der Waals surface area (Å²) in [6.45, 7) is 6.31. The van der Waals surface area contributed by atoms with Crippen LogP contribution < -0.4 is 15.4 Å². The van der Waals surface area contributed by atoms with Gasteiger partial charge in [0.05, 0.1) is 6.61 Å². The van der Waals surface area contributed by atoms with Crippen molar-refractivity contribution in [2.24, 2.45) is 5.92 Å². The van der Waals surface area contributed by atoms with Crippen LogP contribution in [0.2, 0.25) is 0 Å². The third kappa shape index (κ3) is 4.04. The maximum Gasteiger partial charge on any atom is 0.123 e. The Balaban J connectivity index is 2.01. The Morgan fingerprint density at radius 2 is 2.20 bits per heavy atom. The zero-order valence-electron chi connectivity index (χ0n) is 12.9. The average Bonchev–Trinajstić information content (AvgIpc) is 2.81. The molecule has 112 valence electrons. The van der Waals surface area contributed by atoms with E-state index in [1.54, 1.807) is 0 Å². The zero-order valence-corrected chi connectivity index (χ0v) is 12.9. The molecule has 1 aliphatic heterocycles. The first kappa shape index (κ1) is 15.0. The van der Waals surface area contributed by atoms with Gasteiger partial charge in [-0.25, -0.2) is 0 Å². The lowest BCUT2D eigenvalue weighted by Crippen LogP contribution is -2.27. The summed E-state index contributed by atoms with van der Waals surface area (Å²) in [5, 5.41) is 0. The first-order valence-corrected chi connectivity index (χ1v) is 7.51. The summed E-state index contributed by atoms with van der Waals surface area (Å²) >= 11 is 0. The molecule has 1 fully saturated rings. The van der Waals surface area contributed by atoms with Gasteiger partial charge in [0.1, 0.15) is 5.75 Å². The Labute approximate surface area is 122 Å². The summed E-state index contributed by atoms with van der Waals surface area (Å²) in [4.78, 5) is 4.69. The quantitative estimate of drug-likeness (QED) is 0.811. The van der Waals surface area contributed by atoms with Crippen LogP contribution in [0.3, 0.4) is 0 Å². The Kier molecular flexibility index (Phi) is 5.12. The standard InChI is InChI=1S/C16H27N3O/c1-4-7-20-16-9-14(17)8-15(10-16)19(3)12-13-5-6-18(2)11-13/h8-10,13H,4-7,11-12,17H2,1-3H3. The number of nitrogen functional groups attached to an aromatic ring is 1. The molecule has 1 aliphatic rings. The predicted octanol–water partition coefficient (Wildman–Crippen LogP) is 2.45.